The third-order valence-electron chi connectivity index (χ3n) is 4.19. The molecule has 2 N–H and O–H groups in total. The summed E-state index contributed by atoms with van der Waals surface area (Å²) in [5.74, 6) is -0.849. The number of carboxylic acids is 1. The fourth-order valence-corrected chi connectivity index (χ4v) is 3.18. The molecule has 1 atom stereocenters. The number of amides is 1. The van der Waals surface area contributed by atoms with Crippen LogP contribution in [0.2, 0.25) is 0 Å². The highest BCUT2D eigenvalue weighted by Crippen LogP contribution is 2.24. The van der Waals surface area contributed by atoms with Crippen molar-refractivity contribution in [2.75, 3.05) is 6.54 Å². The lowest BCUT2D eigenvalue weighted by Gasteiger charge is -2.37. The number of carbonyl (C=O) groups is 2. The molecule has 0 aromatic heterocycles. The Hall–Kier alpha value is -1.10. The van der Waals surface area contributed by atoms with Crippen LogP contribution in [0.5, 0.6) is 0 Å². The van der Waals surface area contributed by atoms with Crippen LogP contribution in [-0.2, 0) is 9.59 Å². The van der Waals surface area contributed by atoms with Gasteiger partial charge in [-0.15, -0.1) is 0 Å². The monoisotopic (exact) mass is 298 g/mol. The lowest BCUT2D eigenvalue weighted by atomic mass is 9.93. The SMILES string of the molecule is CCCC(NCC(=O)N(C(C)C)C1CCCCC1)C(=O)O. The van der Waals surface area contributed by atoms with Crippen molar-refractivity contribution in [1.29, 1.82) is 0 Å². The van der Waals surface area contributed by atoms with E-state index in [1.807, 2.05) is 25.7 Å². The minimum absolute atomic E-state index is 0.0271. The topological polar surface area (TPSA) is 69.6 Å². The van der Waals surface area contributed by atoms with E-state index < -0.39 is 12.0 Å². The second-order valence-corrected chi connectivity index (χ2v) is 6.25. The van der Waals surface area contributed by atoms with E-state index in [1.165, 1.54) is 19.3 Å². The van der Waals surface area contributed by atoms with E-state index in [0.29, 0.717) is 12.5 Å². The van der Waals surface area contributed by atoms with Gasteiger partial charge in [0.1, 0.15) is 6.04 Å². The molecule has 21 heavy (non-hydrogen) atoms. The highest BCUT2D eigenvalue weighted by Gasteiger charge is 2.28. The molecule has 5 heteroatoms. The zero-order valence-electron chi connectivity index (χ0n) is 13.6. The molecule has 0 aromatic rings. The molecule has 1 aliphatic rings. The molecule has 0 spiro atoms. The average molecular weight is 298 g/mol. The maximum atomic E-state index is 12.5. The van der Waals surface area contributed by atoms with Crippen molar-refractivity contribution < 1.29 is 14.7 Å². The van der Waals surface area contributed by atoms with Gasteiger partial charge in [0.05, 0.1) is 6.54 Å². The molecule has 122 valence electrons. The van der Waals surface area contributed by atoms with Gasteiger partial charge in [-0.1, -0.05) is 32.6 Å². The second-order valence-electron chi connectivity index (χ2n) is 6.25. The molecule has 1 rings (SSSR count). The number of aliphatic carboxylic acids is 1. The summed E-state index contributed by atoms with van der Waals surface area (Å²) >= 11 is 0. The quantitative estimate of drug-likeness (QED) is 0.722. The Morgan fingerprint density at radius 2 is 1.86 bits per heavy atom. The molecule has 1 aliphatic carbocycles. The predicted molar refractivity (Wildman–Crippen MR) is 83.2 cm³/mol. The van der Waals surface area contributed by atoms with Crippen molar-refractivity contribution in [3.63, 3.8) is 0 Å². The van der Waals surface area contributed by atoms with Crippen LogP contribution in [-0.4, -0.2) is 46.6 Å². The van der Waals surface area contributed by atoms with Gasteiger partial charge in [0.2, 0.25) is 5.91 Å². The summed E-state index contributed by atoms with van der Waals surface area (Å²) in [5, 5.41) is 12.0. The largest absolute Gasteiger partial charge is 0.480 e. The van der Waals surface area contributed by atoms with Crippen molar-refractivity contribution in [2.24, 2.45) is 0 Å². The first-order chi connectivity index (χ1) is 9.97. The summed E-state index contributed by atoms with van der Waals surface area (Å²) in [7, 11) is 0. The maximum Gasteiger partial charge on any atom is 0.320 e. The third-order valence-corrected chi connectivity index (χ3v) is 4.19. The van der Waals surface area contributed by atoms with Gasteiger partial charge in [-0.3, -0.25) is 14.9 Å². The van der Waals surface area contributed by atoms with E-state index in [0.717, 1.165) is 19.3 Å². The Balaban J connectivity index is 2.58. The lowest BCUT2D eigenvalue weighted by Crippen LogP contribution is -2.51. The summed E-state index contributed by atoms with van der Waals surface area (Å²) in [4.78, 5) is 25.6. The number of nitrogens with one attached hydrogen (secondary N) is 1. The molecule has 0 heterocycles. The number of rotatable bonds is 8. The van der Waals surface area contributed by atoms with Crippen LogP contribution >= 0.6 is 0 Å². The van der Waals surface area contributed by atoms with Gasteiger partial charge in [0.25, 0.3) is 0 Å². The van der Waals surface area contributed by atoms with Crippen LogP contribution in [0.25, 0.3) is 0 Å². The van der Waals surface area contributed by atoms with E-state index in [1.54, 1.807) is 0 Å². The van der Waals surface area contributed by atoms with E-state index in [2.05, 4.69) is 5.32 Å². The zero-order chi connectivity index (χ0) is 15.8. The van der Waals surface area contributed by atoms with Crippen molar-refractivity contribution in [3.05, 3.63) is 0 Å². The molecule has 0 radical (unpaired) electrons. The van der Waals surface area contributed by atoms with Crippen LogP contribution in [0.4, 0.5) is 0 Å². The van der Waals surface area contributed by atoms with Gasteiger partial charge in [-0.25, -0.2) is 0 Å². The van der Waals surface area contributed by atoms with Crippen molar-refractivity contribution in [2.45, 2.75) is 83.8 Å². The van der Waals surface area contributed by atoms with Gasteiger partial charge in [0, 0.05) is 12.1 Å². The summed E-state index contributed by atoms with van der Waals surface area (Å²) in [6, 6.07) is -0.140. The highest BCUT2D eigenvalue weighted by molar-refractivity contribution is 5.80. The molecule has 0 aliphatic heterocycles. The molecular weight excluding hydrogens is 268 g/mol. The lowest BCUT2D eigenvalue weighted by molar-refractivity contribution is -0.140. The number of nitrogens with zero attached hydrogens (tertiary/aromatic N) is 1. The first-order valence-electron chi connectivity index (χ1n) is 8.24. The Morgan fingerprint density at radius 3 is 2.33 bits per heavy atom. The summed E-state index contributed by atoms with van der Waals surface area (Å²) in [6.07, 6.45) is 7.10. The van der Waals surface area contributed by atoms with Crippen molar-refractivity contribution in [3.8, 4) is 0 Å². The van der Waals surface area contributed by atoms with Crippen LogP contribution < -0.4 is 5.32 Å². The Bertz CT molecular complexity index is 338. The fourth-order valence-electron chi connectivity index (χ4n) is 3.18. The van der Waals surface area contributed by atoms with Gasteiger partial charge >= 0.3 is 5.97 Å². The van der Waals surface area contributed by atoms with Crippen LogP contribution in [0.15, 0.2) is 0 Å². The van der Waals surface area contributed by atoms with Crippen LogP contribution in [0.1, 0.15) is 65.7 Å². The van der Waals surface area contributed by atoms with Gasteiger partial charge in [-0.05, 0) is 33.1 Å². The first kappa shape index (κ1) is 18.0. The number of hydrogen-bond donors (Lipinski definition) is 2. The van der Waals surface area contributed by atoms with E-state index in [-0.39, 0.29) is 18.5 Å². The smallest absolute Gasteiger partial charge is 0.320 e. The Kier molecular flexibility index (Phi) is 7.72. The van der Waals surface area contributed by atoms with E-state index in [4.69, 9.17) is 5.11 Å². The van der Waals surface area contributed by atoms with E-state index >= 15 is 0 Å². The molecule has 1 saturated carbocycles. The molecule has 1 unspecified atom stereocenters. The number of hydrogen-bond acceptors (Lipinski definition) is 3. The Morgan fingerprint density at radius 1 is 1.24 bits per heavy atom. The molecule has 0 bridgehead atoms. The zero-order valence-corrected chi connectivity index (χ0v) is 13.6. The predicted octanol–water partition coefficient (Wildman–Crippen LogP) is 2.40. The van der Waals surface area contributed by atoms with Crippen LogP contribution in [0, 0.1) is 0 Å². The molecule has 5 nitrogen and oxygen atoms in total. The highest BCUT2D eigenvalue weighted by atomic mass is 16.4. The number of carboxylic acid groups (broad SMARTS) is 1. The molecule has 0 aromatic carbocycles. The van der Waals surface area contributed by atoms with Gasteiger partial charge in [0.15, 0.2) is 0 Å². The summed E-state index contributed by atoms with van der Waals surface area (Å²) < 4.78 is 0. The minimum atomic E-state index is -0.876. The fraction of sp³-hybridized carbons (Fsp3) is 0.875. The molecule has 1 amide bonds. The van der Waals surface area contributed by atoms with Gasteiger partial charge < -0.3 is 10.0 Å². The Labute approximate surface area is 128 Å². The standard InChI is InChI=1S/C16H30N2O3/c1-4-8-14(16(20)21)17-11-15(19)18(12(2)3)13-9-6-5-7-10-13/h12-14,17H,4-11H2,1-3H3,(H,20,21). The third kappa shape index (κ3) is 5.65. The van der Waals surface area contributed by atoms with Crippen LogP contribution in [0.3, 0.4) is 0 Å². The maximum absolute atomic E-state index is 12.5. The normalized spacial score (nSPS) is 17.7. The van der Waals surface area contributed by atoms with E-state index in [9.17, 15) is 9.59 Å². The van der Waals surface area contributed by atoms with Crippen molar-refractivity contribution in [1.82, 2.24) is 10.2 Å². The summed E-state index contributed by atoms with van der Waals surface area (Å²) in [6.45, 7) is 6.13. The number of carbonyl (C=O) groups excluding carboxylic acids is 1. The average Bonchev–Trinajstić information content (AvgIpc) is 2.44. The molecule has 0 saturated heterocycles. The molecular formula is C16H30N2O3. The van der Waals surface area contributed by atoms with Gasteiger partial charge in [-0.2, -0.15) is 0 Å². The second kappa shape index (κ2) is 9.03. The van der Waals surface area contributed by atoms with Crippen molar-refractivity contribution >= 4 is 11.9 Å². The minimum Gasteiger partial charge on any atom is -0.480 e. The molecule has 1 fully saturated rings. The first-order valence-corrected chi connectivity index (χ1v) is 8.24. The summed E-state index contributed by atoms with van der Waals surface area (Å²) in [5.41, 5.74) is 0.